The van der Waals surface area contributed by atoms with Gasteiger partial charge in [-0.25, -0.2) is 4.79 Å². The summed E-state index contributed by atoms with van der Waals surface area (Å²) < 4.78 is 0. The summed E-state index contributed by atoms with van der Waals surface area (Å²) in [5, 5.41) is 18.6. The average molecular weight is 364 g/mol. The molecule has 0 aliphatic heterocycles. The molecule has 7 heteroatoms. The zero-order valence-electron chi connectivity index (χ0n) is 16.3. The lowest BCUT2D eigenvalue weighted by Gasteiger charge is -2.24. The van der Waals surface area contributed by atoms with E-state index in [0.717, 1.165) is 11.1 Å². The van der Waals surface area contributed by atoms with Gasteiger partial charge < -0.3 is 26.8 Å². The Kier molecular flexibility index (Phi) is 7.89. The van der Waals surface area contributed by atoms with Crippen LogP contribution in [0.3, 0.4) is 0 Å². The van der Waals surface area contributed by atoms with Gasteiger partial charge in [0, 0.05) is 6.54 Å². The molecule has 0 radical (unpaired) electrons. The first-order valence-electron chi connectivity index (χ1n) is 8.91. The van der Waals surface area contributed by atoms with E-state index in [1.54, 1.807) is 13.1 Å². The minimum Gasteiger partial charge on any atom is -0.508 e. The molecule has 146 valence electrons. The van der Waals surface area contributed by atoms with Gasteiger partial charge in [0.15, 0.2) is 0 Å². The Morgan fingerprint density at radius 2 is 1.92 bits per heavy atom. The molecule has 2 unspecified atom stereocenters. The molecule has 1 aromatic rings. The van der Waals surface area contributed by atoms with E-state index in [2.05, 4.69) is 16.0 Å². The van der Waals surface area contributed by atoms with Crippen molar-refractivity contribution < 1.29 is 14.7 Å². The molecule has 7 nitrogen and oxygen atoms in total. The van der Waals surface area contributed by atoms with E-state index in [0.29, 0.717) is 12.8 Å². The lowest BCUT2D eigenvalue weighted by molar-refractivity contribution is -0.123. The fourth-order valence-corrected chi connectivity index (χ4v) is 2.82. The summed E-state index contributed by atoms with van der Waals surface area (Å²) in [7, 11) is 1.74. The molecule has 0 bridgehead atoms. The predicted molar refractivity (Wildman–Crippen MR) is 103 cm³/mol. The van der Waals surface area contributed by atoms with Crippen LogP contribution >= 0.6 is 0 Å². The SMILES string of the molecule is CCC(NC)C(=O)NC(CNC(N)=O)Cc1ccc(O)c(C(C)(C)C)c1. The van der Waals surface area contributed by atoms with Crippen LogP contribution in [0.4, 0.5) is 4.79 Å². The molecule has 1 rings (SSSR count). The second-order valence-electron chi connectivity index (χ2n) is 7.51. The van der Waals surface area contributed by atoms with Gasteiger partial charge >= 0.3 is 6.03 Å². The fraction of sp³-hybridized carbons (Fsp3) is 0.579. The zero-order chi connectivity index (χ0) is 19.9. The van der Waals surface area contributed by atoms with Crippen molar-refractivity contribution in [1.82, 2.24) is 16.0 Å². The highest BCUT2D eigenvalue weighted by Gasteiger charge is 2.22. The average Bonchev–Trinajstić information content (AvgIpc) is 2.54. The minimum absolute atomic E-state index is 0.124. The number of benzene rings is 1. The summed E-state index contributed by atoms with van der Waals surface area (Å²) >= 11 is 0. The van der Waals surface area contributed by atoms with E-state index >= 15 is 0 Å². The molecule has 0 aliphatic carbocycles. The van der Waals surface area contributed by atoms with E-state index in [1.165, 1.54) is 0 Å². The molecule has 0 saturated heterocycles. The predicted octanol–water partition coefficient (Wildman–Crippen LogP) is 1.38. The van der Waals surface area contributed by atoms with Crippen LogP contribution in [-0.2, 0) is 16.6 Å². The van der Waals surface area contributed by atoms with Crippen LogP contribution in [0.2, 0.25) is 0 Å². The third kappa shape index (κ3) is 6.55. The first kappa shape index (κ1) is 21.8. The van der Waals surface area contributed by atoms with Crippen molar-refractivity contribution in [3.63, 3.8) is 0 Å². The third-order valence-corrected chi connectivity index (χ3v) is 4.29. The number of hydrogen-bond acceptors (Lipinski definition) is 4. The van der Waals surface area contributed by atoms with Crippen LogP contribution in [0.5, 0.6) is 5.75 Å². The van der Waals surface area contributed by atoms with Gasteiger partial charge in [-0.05, 0) is 42.5 Å². The summed E-state index contributed by atoms with van der Waals surface area (Å²) in [6, 6.07) is 4.19. The lowest BCUT2D eigenvalue weighted by Crippen LogP contribution is -2.51. The van der Waals surface area contributed by atoms with Gasteiger partial charge in [0.1, 0.15) is 5.75 Å². The highest BCUT2D eigenvalue weighted by Crippen LogP contribution is 2.31. The van der Waals surface area contributed by atoms with Crippen molar-refractivity contribution in [2.75, 3.05) is 13.6 Å². The summed E-state index contributed by atoms with van der Waals surface area (Å²) in [5.41, 5.74) is 6.76. The van der Waals surface area contributed by atoms with Gasteiger partial charge in [-0.1, -0.05) is 39.8 Å². The molecule has 0 heterocycles. The van der Waals surface area contributed by atoms with Crippen LogP contribution in [0, 0.1) is 0 Å². The van der Waals surface area contributed by atoms with E-state index < -0.39 is 6.03 Å². The second kappa shape index (κ2) is 9.43. The van der Waals surface area contributed by atoms with Crippen molar-refractivity contribution in [3.8, 4) is 5.75 Å². The molecule has 3 amide bonds. The fourth-order valence-electron chi connectivity index (χ4n) is 2.82. The van der Waals surface area contributed by atoms with Gasteiger partial charge in [0.2, 0.25) is 5.91 Å². The van der Waals surface area contributed by atoms with Crippen molar-refractivity contribution in [2.24, 2.45) is 5.73 Å². The topological polar surface area (TPSA) is 116 Å². The van der Waals surface area contributed by atoms with Gasteiger partial charge in [-0.15, -0.1) is 0 Å². The normalized spacial score (nSPS) is 13.7. The summed E-state index contributed by atoms with van der Waals surface area (Å²) in [4.78, 5) is 23.4. The standard InChI is InChI=1S/C19H32N4O3/c1-6-15(21-5)17(25)23-13(11-22-18(20)26)9-12-7-8-16(24)14(10-12)19(2,3)4/h7-8,10,13,15,21,24H,6,9,11H2,1-5H3,(H,23,25)(H3,20,22,26). The number of nitrogens with two attached hydrogens (primary N) is 1. The number of phenols is 1. The molecular weight excluding hydrogens is 332 g/mol. The quantitative estimate of drug-likeness (QED) is 0.479. The molecule has 26 heavy (non-hydrogen) atoms. The van der Waals surface area contributed by atoms with Gasteiger partial charge in [-0.2, -0.15) is 0 Å². The highest BCUT2D eigenvalue weighted by molar-refractivity contribution is 5.82. The first-order chi connectivity index (χ1) is 12.1. The molecular formula is C19H32N4O3. The molecule has 0 aromatic heterocycles. The Morgan fingerprint density at radius 1 is 1.27 bits per heavy atom. The Labute approximate surface area is 155 Å². The smallest absolute Gasteiger partial charge is 0.312 e. The van der Waals surface area contributed by atoms with Crippen LogP contribution in [0.25, 0.3) is 0 Å². The van der Waals surface area contributed by atoms with E-state index in [4.69, 9.17) is 5.73 Å². The molecule has 0 fully saturated rings. The maximum atomic E-state index is 12.4. The summed E-state index contributed by atoms with van der Waals surface area (Å²) in [5.74, 6) is 0.124. The Balaban J connectivity index is 2.98. The van der Waals surface area contributed by atoms with Crippen molar-refractivity contribution in [1.29, 1.82) is 0 Å². The van der Waals surface area contributed by atoms with Crippen LogP contribution in [0.1, 0.15) is 45.2 Å². The van der Waals surface area contributed by atoms with Gasteiger partial charge in [0.25, 0.3) is 0 Å². The third-order valence-electron chi connectivity index (χ3n) is 4.29. The molecule has 6 N–H and O–H groups in total. The molecule has 1 aromatic carbocycles. The van der Waals surface area contributed by atoms with E-state index in [-0.39, 0.29) is 35.7 Å². The number of aromatic hydroxyl groups is 1. The Morgan fingerprint density at radius 3 is 2.42 bits per heavy atom. The van der Waals surface area contributed by atoms with Crippen molar-refractivity contribution in [2.45, 2.75) is 58.0 Å². The number of primary amides is 1. The molecule has 0 spiro atoms. The number of rotatable bonds is 8. The molecule has 2 atom stereocenters. The van der Waals surface area contributed by atoms with E-state index in [1.807, 2.05) is 39.8 Å². The molecule has 0 saturated carbocycles. The first-order valence-corrected chi connectivity index (χ1v) is 8.91. The Hall–Kier alpha value is -2.28. The van der Waals surface area contributed by atoms with Crippen LogP contribution < -0.4 is 21.7 Å². The summed E-state index contributed by atoms with van der Waals surface area (Å²) in [6.07, 6.45) is 1.17. The van der Waals surface area contributed by atoms with Crippen LogP contribution in [-0.4, -0.2) is 42.7 Å². The number of urea groups is 1. The number of nitrogens with one attached hydrogen (secondary N) is 3. The zero-order valence-corrected chi connectivity index (χ0v) is 16.3. The summed E-state index contributed by atoms with van der Waals surface area (Å²) in [6.45, 7) is 8.23. The monoisotopic (exact) mass is 364 g/mol. The van der Waals surface area contributed by atoms with Crippen molar-refractivity contribution >= 4 is 11.9 Å². The lowest BCUT2D eigenvalue weighted by atomic mass is 9.85. The number of amides is 3. The number of carbonyl (C=O) groups excluding carboxylic acids is 2. The van der Waals surface area contributed by atoms with Gasteiger partial charge in [-0.3, -0.25) is 4.79 Å². The number of phenolic OH excluding ortho intramolecular Hbond substituents is 1. The maximum Gasteiger partial charge on any atom is 0.312 e. The number of likely N-dealkylation sites (N-methyl/N-ethyl adjacent to an activating group) is 1. The van der Waals surface area contributed by atoms with Crippen LogP contribution in [0.15, 0.2) is 18.2 Å². The number of carbonyl (C=O) groups is 2. The second-order valence-corrected chi connectivity index (χ2v) is 7.51. The number of hydrogen-bond donors (Lipinski definition) is 5. The van der Waals surface area contributed by atoms with Gasteiger partial charge in [0.05, 0.1) is 12.1 Å². The van der Waals surface area contributed by atoms with Crippen molar-refractivity contribution in [3.05, 3.63) is 29.3 Å². The largest absolute Gasteiger partial charge is 0.508 e. The maximum absolute atomic E-state index is 12.4. The van der Waals surface area contributed by atoms with E-state index in [9.17, 15) is 14.7 Å². The molecule has 0 aliphatic rings. The highest BCUT2D eigenvalue weighted by atomic mass is 16.3. The minimum atomic E-state index is -0.633. The Bertz CT molecular complexity index is 622.